The molecule has 4 rings (SSSR count). The fraction of sp³-hybridized carbons (Fsp3) is 0.105. The van der Waals surface area contributed by atoms with Crippen LogP contribution in [0, 0.1) is 0 Å². The summed E-state index contributed by atoms with van der Waals surface area (Å²) in [7, 11) is 0. The van der Waals surface area contributed by atoms with Crippen LogP contribution >= 0.6 is 0 Å². The van der Waals surface area contributed by atoms with Gasteiger partial charge in [-0.1, -0.05) is 11.2 Å². The first-order valence-corrected chi connectivity index (χ1v) is 8.57. The molecule has 2 heterocycles. The monoisotopic (exact) mass is 376 g/mol. The fourth-order valence-electron chi connectivity index (χ4n) is 2.60. The van der Waals surface area contributed by atoms with Crippen LogP contribution in [-0.2, 0) is 0 Å². The van der Waals surface area contributed by atoms with E-state index in [1.54, 1.807) is 24.3 Å². The highest BCUT2D eigenvalue weighted by Gasteiger charge is 2.14. The number of hydrogen-bond acceptors (Lipinski definition) is 7. The van der Waals surface area contributed by atoms with Gasteiger partial charge in [0.05, 0.1) is 12.3 Å². The van der Waals surface area contributed by atoms with Gasteiger partial charge in [0.2, 0.25) is 0 Å². The molecular weight excluding hydrogens is 360 g/mol. The van der Waals surface area contributed by atoms with E-state index in [0.29, 0.717) is 18.1 Å². The topological polar surface area (TPSA) is 108 Å². The van der Waals surface area contributed by atoms with Crippen molar-refractivity contribution in [2.75, 3.05) is 11.9 Å². The van der Waals surface area contributed by atoms with Crippen molar-refractivity contribution in [1.29, 1.82) is 0 Å². The summed E-state index contributed by atoms with van der Waals surface area (Å²) in [5.41, 5.74) is 2.29. The number of anilines is 1. The van der Waals surface area contributed by atoms with Crippen molar-refractivity contribution >= 4 is 11.6 Å². The van der Waals surface area contributed by atoms with Crippen LogP contribution < -0.4 is 10.1 Å². The maximum atomic E-state index is 12.5. The van der Waals surface area contributed by atoms with E-state index in [-0.39, 0.29) is 11.6 Å². The van der Waals surface area contributed by atoms with Crippen molar-refractivity contribution in [2.24, 2.45) is 0 Å². The number of aromatic nitrogens is 5. The zero-order chi connectivity index (χ0) is 19.3. The standard InChI is InChI=1S/C19H16N6O3/c1-2-27-16-8-6-13(7-9-16)18-11-17(22-28-18)19(26)21-14-4-3-5-15(10-14)25-12-20-23-24-25/h3-12H,2H2,1H3,(H,21,26). The van der Waals surface area contributed by atoms with Crippen molar-refractivity contribution in [3.05, 3.63) is 66.6 Å². The van der Waals surface area contributed by atoms with Crippen LogP contribution in [-0.4, -0.2) is 37.9 Å². The fourth-order valence-corrected chi connectivity index (χ4v) is 2.60. The third kappa shape index (κ3) is 3.73. The molecule has 140 valence electrons. The highest BCUT2D eigenvalue weighted by atomic mass is 16.5. The van der Waals surface area contributed by atoms with Crippen molar-refractivity contribution in [3.63, 3.8) is 0 Å². The molecule has 2 aromatic carbocycles. The number of carbonyl (C=O) groups is 1. The molecule has 0 fully saturated rings. The summed E-state index contributed by atoms with van der Waals surface area (Å²) in [6.07, 6.45) is 1.47. The Labute approximate surface area is 159 Å². The molecule has 0 atom stereocenters. The number of nitrogens with zero attached hydrogens (tertiary/aromatic N) is 5. The highest BCUT2D eigenvalue weighted by Crippen LogP contribution is 2.24. The van der Waals surface area contributed by atoms with Gasteiger partial charge in [-0.25, -0.2) is 4.68 Å². The van der Waals surface area contributed by atoms with Crippen LogP contribution in [0.5, 0.6) is 5.75 Å². The zero-order valence-electron chi connectivity index (χ0n) is 14.9. The van der Waals surface area contributed by atoms with Gasteiger partial charge in [-0.3, -0.25) is 4.79 Å². The second-order valence-electron chi connectivity index (χ2n) is 5.79. The van der Waals surface area contributed by atoms with E-state index in [0.717, 1.165) is 17.0 Å². The van der Waals surface area contributed by atoms with Gasteiger partial charge in [0, 0.05) is 17.3 Å². The Hall–Kier alpha value is -4.01. The summed E-state index contributed by atoms with van der Waals surface area (Å²) in [6.45, 7) is 2.52. The summed E-state index contributed by atoms with van der Waals surface area (Å²) in [5.74, 6) is 0.886. The Kier molecular flexibility index (Phi) is 4.79. The van der Waals surface area contributed by atoms with Crippen LogP contribution in [0.4, 0.5) is 5.69 Å². The van der Waals surface area contributed by atoms with Crippen LogP contribution in [0.2, 0.25) is 0 Å². The van der Waals surface area contributed by atoms with Gasteiger partial charge in [-0.2, -0.15) is 0 Å². The summed E-state index contributed by atoms with van der Waals surface area (Å²) in [4.78, 5) is 12.5. The van der Waals surface area contributed by atoms with Gasteiger partial charge in [-0.15, -0.1) is 5.10 Å². The van der Waals surface area contributed by atoms with Crippen LogP contribution in [0.15, 0.2) is 65.4 Å². The second-order valence-corrected chi connectivity index (χ2v) is 5.79. The Morgan fingerprint density at radius 2 is 2.04 bits per heavy atom. The molecule has 2 aromatic heterocycles. The minimum atomic E-state index is -0.380. The molecule has 0 spiro atoms. The Morgan fingerprint density at radius 3 is 2.79 bits per heavy atom. The predicted octanol–water partition coefficient (Wildman–Crippen LogP) is 2.97. The van der Waals surface area contributed by atoms with Gasteiger partial charge in [0.1, 0.15) is 12.1 Å². The number of nitrogens with one attached hydrogen (secondary N) is 1. The lowest BCUT2D eigenvalue weighted by Crippen LogP contribution is -2.12. The lowest BCUT2D eigenvalue weighted by Gasteiger charge is -2.05. The molecule has 0 unspecified atom stereocenters. The minimum Gasteiger partial charge on any atom is -0.494 e. The summed E-state index contributed by atoms with van der Waals surface area (Å²) >= 11 is 0. The quantitative estimate of drug-likeness (QED) is 0.551. The summed E-state index contributed by atoms with van der Waals surface area (Å²) in [5, 5.41) is 17.7. The van der Waals surface area contributed by atoms with Crippen molar-refractivity contribution in [1.82, 2.24) is 25.4 Å². The van der Waals surface area contributed by atoms with Gasteiger partial charge < -0.3 is 14.6 Å². The largest absolute Gasteiger partial charge is 0.494 e. The molecule has 4 aromatic rings. The Balaban J connectivity index is 1.48. The van der Waals surface area contributed by atoms with E-state index in [1.807, 2.05) is 37.3 Å². The zero-order valence-corrected chi connectivity index (χ0v) is 14.9. The average Bonchev–Trinajstić information content (AvgIpc) is 3.42. The van der Waals surface area contributed by atoms with Gasteiger partial charge in [-0.05, 0) is 59.8 Å². The normalized spacial score (nSPS) is 10.6. The maximum absolute atomic E-state index is 12.5. The number of ether oxygens (including phenoxy) is 1. The van der Waals surface area contributed by atoms with Crippen LogP contribution in [0.1, 0.15) is 17.4 Å². The number of hydrogen-bond donors (Lipinski definition) is 1. The first-order valence-electron chi connectivity index (χ1n) is 8.57. The predicted molar refractivity (Wildman–Crippen MR) is 100 cm³/mol. The second kappa shape index (κ2) is 7.70. The smallest absolute Gasteiger partial charge is 0.277 e. The molecule has 0 saturated heterocycles. The molecule has 9 nitrogen and oxygen atoms in total. The summed E-state index contributed by atoms with van der Waals surface area (Å²) < 4.78 is 12.2. The Bertz CT molecular complexity index is 1070. The van der Waals surface area contributed by atoms with Crippen LogP contribution in [0.3, 0.4) is 0 Å². The van der Waals surface area contributed by atoms with E-state index in [1.165, 1.54) is 11.0 Å². The molecule has 1 N–H and O–H groups in total. The molecular formula is C19H16N6O3. The summed E-state index contributed by atoms with van der Waals surface area (Å²) in [6, 6.07) is 16.1. The van der Waals surface area contributed by atoms with E-state index < -0.39 is 0 Å². The SMILES string of the molecule is CCOc1ccc(-c2cc(C(=O)Nc3cccc(-n4cnnn4)c3)no2)cc1. The molecule has 28 heavy (non-hydrogen) atoms. The van der Waals surface area contributed by atoms with Gasteiger partial charge in [0.15, 0.2) is 11.5 Å². The maximum Gasteiger partial charge on any atom is 0.277 e. The molecule has 0 aliphatic carbocycles. The number of benzene rings is 2. The van der Waals surface area contributed by atoms with Crippen LogP contribution in [0.25, 0.3) is 17.0 Å². The molecule has 0 bridgehead atoms. The van der Waals surface area contributed by atoms with E-state index in [2.05, 4.69) is 26.0 Å². The lowest BCUT2D eigenvalue weighted by molar-refractivity contribution is 0.101. The third-order valence-electron chi connectivity index (χ3n) is 3.91. The van der Waals surface area contributed by atoms with E-state index in [9.17, 15) is 4.79 Å². The first-order chi connectivity index (χ1) is 13.7. The molecule has 1 amide bonds. The molecule has 0 aliphatic rings. The number of carbonyl (C=O) groups excluding carboxylic acids is 1. The van der Waals surface area contributed by atoms with Crippen molar-refractivity contribution in [3.8, 4) is 22.8 Å². The number of amides is 1. The molecule has 0 aliphatic heterocycles. The molecule has 0 saturated carbocycles. The number of rotatable bonds is 6. The minimum absolute atomic E-state index is 0.178. The van der Waals surface area contributed by atoms with E-state index in [4.69, 9.17) is 9.26 Å². The lowest BCUT2D eigenvalue weighted by atomic mass is 10.1. The third-order valence-corrected chi connectivity index (χ3v) is 3.91. The first kappa shape index (κ1) is 17.4. The van der Waals surface area contributed by atoms with E-state index >= 15 is 0 Å². The van der Waals surface area contributed by atoms with Crippen molar-refractivity contribution in [2.45, 2.75) is 6.92 Å². The molecule has 0 radical (unpaired) electrons. The highest BCUT2D eigenvalue weighted by molar-refractivity contribution is 6.03. The van der Waals surface area contributed by atoms with Gasteiger partial charge >= 0.3 is 0 Å². The Morgan fingerprint density at radius 1 is 1.18 bits per heavy atom. The van der Waals surface area contributed by atoms with Crippen molar-refractivity contribution < 1.29 is 14.1 Å². The average molecular weight is 376 g/mol. The van der Waals surface area contributed by atoms with Gasteiger partial charge in [0.25, 0.3) is 5.91 Å². The number of tetrazole rings is 1. The molecule has 9 heteroatoms.